The predicted octanol–water partition coefficient (Wildman–Crippen LogP) is 2.36. The molecule has 0 aromatic heterocycles. The first kappa shape index (κ1) is 6.46. The summed E-state index contributed by atoms with van der Waals surface area (Å²) in [6.07, 6.45) is 5.95. The van der Waals surface area contributed by atoms with Gasteiger partial charge in [0.05, 0.1) is 0 Å². The zero-order valence-electron chi connectivity index (χ0n) is 5.10. The monoisotopic (exact) mass is 222 g/mol. The van der Waals surface area contributed by atoms with Crippen molar-refractivity contribution in [2.75, 3.05) is 4.43 Å². The summed E-state index contributed by atoms with van der Waals surface area (Å²) in [7, 11) is 0. The van der Waals surface area contributed by atoms with Gasteiger partial charge in [0.2, 0.25) is 0 Å². The maximum Gasteiger partial charge on any atom is -0.00204 e. The van der Waals surface area contributed by atoms with Gasteiger partial charge in [-0.2, -0.15) is 0 Å². The largest absolute Gasteiger partial charge is 0.126 e. The van der Waals surface area contributed by atoms with Crippen LogP contribution in [0.1, 0.15) is 13.3 Å². The van der Waals surface area contributed by atoms with Crippen molar-refractivity contribution in [3.8, 4) is 0 Å². The fraction of sp³-hybridized carbons (Fsp3) is 0.571. The van der Waals surface area contributed by atoms with Gasteiger partial charge in [0.25, 0.3) is 0 Å². The van der Waals surface area contributed by atoms with Crippen LogP contribution in [0.2, 0.25) is 0 Å². The minimum absolute atomic E-state index is 0.459. The van der Waals surface area contributed by atoms with Gasteiger partial charge >= 0.3 is 0 Å². The number of hydrogen-bond donors (Lipinski definition) is 0. The molecule has 0 N–H and O–H groups in total. The van der Waals surface area contributed by atoms with Crippen LogP contribution in [0.5, 0.6) is 0 Å². The average Bonchev–Trinajstić information content (AvgIpc) is 1.94. The van der Waals surface area contributed by atoms with Gasteiger partial charge < -0.3 is 0 Å². The highest BCUT2D eigenvalue weighted by Gasteiger charge is 1.91. The molecule has 46 valence electrons. The van der Waals surface area contributed by atoms with Crippen LogP contribution in [0, 0.1) is 5.92 Å². The quantitative estimate of drug-likeness (QED) is 0.335. The zero-order chi connectivity index (χ0) is 5.82. The lowest BCUT2D eigenvalue weighted by atomic mass is 10.2. The van der Waals surface area contributed by atoms with Crippen molar-refractivity contribution in [3.05, 3.63) is 12.2 Å². The van der Waals surface area contributed by atoms with E-state index in [1.54, 1.807) is 0 Å². The van der Waals surface area contributed by atoms with Crippen LogP contribution in [0.3, 0.4) is 0 Å². The molecule has 0 bridgehead atoms. The van der Waals surface area contributed by atoms with Crippen molar-refractivity contribution in [2.45, 2.75) is 13.3 Å². The summed E-state index contributed by atoms with van der Waals surface area (Å²) in [5, 5.41) is 0. The number of rotatable bonds is 0. The summed E-state index contributed by atoms with van der Waals surface area (Å²) in [5.74, 6) is 0.769. The summed E-state index contributed by atoms with van der Waals surface area (Å²) in [4.78, 5) is 0. The molecule has 0 saturated heterocycles. The molecular formula is C7H11I. The van der Waals surface area contributed by atoms with Crippen molar-refractivity contribution in [1.82, 2.24) is 0 Å². The van der Waals surface area contributed by atoms with E-state index in [9.17, 15) is 0 Å². The summed E-state index contributed by atoms with van der Waals surface area (Å²) < 4.78 is 3.95. The lowest BCUT2D eigenvalue weighted by Gasteiger charge is -1.89. The molecule has 0 aromatic carbocycles. The first-order chi connectivity index (χ1) is 3.89. The van der Waals surface area contributed by atoms with E-state index in [2.05, 4.69) is 23.1 Å². The molecule has 1 aliphatic rings. The van der Waals surface area contributed by atoms with Gasteiger partial charge in [-0.05, 0) is 20.8 Å². The molecular weight excluding hydrogens is 211 g/mol. The normalized spacial score (nSPS) is 28.9. The first-order valence-electron chi connectivity index (χ1n) is 2.97. The molecule has 1 atom stereocenters. The number of alkyl halides is 1. The van der Waals surface area contributed by atoms with E-state index in [1.807, 2.05) is 0 Å². The summed E-state index contributed by atoms with van der Waals surface area (Å²) in [5.41, 5.74) is 0. The van der Waals surface area contributed by atoms with E-state index in [-0.39, 0.29) is 0 Å². The van der Waals surface area contributed by atoms with Crippen LogP contribution in [-0.4, -0.2) is 8.44 Å². The molecule has 0 nitrogen and oxygen atoms in total. The van der Waals surface area contributed by atoms with Crippen molar-refractivity contribution in [2.24, 2.45) is 5.92 Å². The molecule has 8 heavy (non-hydrogen) atoms. The number of allylic oxidation sites excluding steroid dienone is 2. The molecule has 0 radical (unpaired) electrons. The van der Waals surface area contributed by atoms with E-state index >= 15 is 0 Å². The SMILES string of the molecule is CC1C=CCCI=C1. The molecule has 0 saturated carbocycles. The highest BCUT2D eigenvalue weighted by molar-refractivity contribution is 14.2. The predicted molar refractivity (Wildman–Crippen MR) is 47.9 cm³/mol. The third-order valence-electron chi connectivity index (χ3n) is 1.11. The van der Waals surface area contributed by atoms with E-state index in [0.717, 1.165) is 5.92 Å². The fourth-order valence-electron chi connectivity index (χ4n) is 0.682. The van der Waals surface area contributed by atoms with Crippen molar-refractivity contribution in [1.29, 1.82) is 0 Å². The van der Waals surface area contributed by atoms with Crippen molar-refractivity contribution >= 4 is 24.7 Å². The van der Waals surface area contributed by atoms with Gasteiger partial charge in [0, 0.05) is 0 Å². The fourth-order valence-corrected chi connectivity index (χ4v) is 2.80. The Morgan fingerprint density at radius 2 is 2.50 bits per heavy atom. The molecule has 1 unspecified atom stereocenters. The van der Waals surface area contributed by atoms with Gasteiger partial charge in [-0.3, -0.25) is 0 Å². The Kier molecular flexibility index (Phi) is 2.73. The molecule has 0 amide bonds. The second kappa shape index (κ2) is 3.38. The molecule has 0 aliphatic carbocycles. The molecule has 1 rings (SSSR count). The highest BCUT2D eigenvalue weighted by atomic mass is 127. The molecule has 0 fully saturated rings. The van der Waals surface area contributed by atoms with Crippen LogP contribution in [0.15, 0.2) is 12.2 Å². The average molecular weight is 222 g/mol. The Hall–Kier alpha value is 0.340. The maximum absolute atomic E-state index is 2.49. The molecule has 1 heterocycles. The van der Waals surface area contributed by atoms with Crippen LogP contribution >= 0.6 is 20.7 Å². The Bertz CT molecular complexity index is 99.6. The topological polar surface area (TPSA) is 0 Å². The standard InChI is InChI=1S/C7H11I/c1-7-4-2-3-5-8-6-7/h2,4,6-7H,3,5H2,1H3. The Balaban J connectivity index is 2.51. The molecule has 1 aliphatic heterocycles. The zero-order valence-corrected chi connectivity index (χ0v) is 7.26. The van der Waals surface area contributed by atoms with Crippen LogP contribution in [-0.2, 0) is 0 Å². The van der Waals surface area contributed by atoms with Crippen LogP contribution < -0.4 is 0 Å². The second-order valence-corrected chi connectivity index (χ2v) is 4.72. The third-order valence-corrected chi connectivity index (χ3v) is 4.00. The number of halogens is 1. The summed E-state index contributed by atoms with van der Waals surface area (Å²) in [6.45, 7) is 2.27. The molecule has 1 heteroatoms. The van der Waals surface area contributed by atoms with Crippen LogP contribution in [0.25, 0.3) is 0 Å². The molecule has 0 spiro atoms. The Morgan fingerprint density at radius 1 is 1.62 bits per heavy atom. The summed E-state index contributed by atoms with van der Waals surface area (Å²) in [6, 6.07) is 0. The van der Waals surface area contributed by atoms with E-state index in [0.29, 0.717) is 20.7 Å². The van der Waals surface area contributed by atoms with Gasteiger partial charge in [-0.15, -0.1) is 20.7 Å². The summed E-state index contributed by atoms with van der Waals surface area (Å²) >= 11 is 0.459. The van der Waals surface area contributed by atoms with Gasteiger partial charge in [-0.25, -0.2) is 0 Å². The van der Waals surface area contributed by atoms with E-state index < -0.39 is 0 Å². The minimum atomic E-state index is 0.459. The van der Waals surface area contributed by atoms with Crippen LogP contribution in [0.4, 0.5) is 0 Å². The van der Waals surface area contributed by atoms with Gasteiger partial charge in [0.1, 0.15) is 0 Å². The first-order valence-corrected chi connectivity index (χ1v) is 5.74. The Morgan fingerprint density at radius 3 is 3.38 bits per heavy atom. The lowest BCUT2D eigenvalue weighted by molar-refractivity contribution is 1.03. The maximum atomic E-state index is 2.49. The highest BCUT2D eigenvalue weighted by Crippen LogP contribution is 2.09. The van der Waals surface area contributed by atoms with Crippen molar-refractivity contribution in [3.63, 3.8) is 0 Å². The second-order valence-electron chi connectivity index (χ2n) is 2.05. The van der Waals surface area contributed by atoms with Gasteiger partial charge in [0.15, 0.2) is 0 Å². The van der Waals surface area contributed by atoms with E-state index in [1.165, 1.54) is 10.8 Å². The third kappa shape index (κ3) is 2.07. The molecule has 0 aromatic rings. The van der Waals surface area contributed by atoms with E-state index in [4.69, 9.17) is 0 Å². The van der Waals surface area contributed by atoms with Gasteiger partial charge in [-0.1, -0.05) is 19.1 Å². The lowest BCUT2D eigenvalue weighted by Crippen LogP contribution is -1.84. The van der Waals surface area contributed by atoms with Crippen molar-refractivity contribution < 1.29 is 0 Å². The smallest absolute Gasteiger partial charge is 0.00204 e. The minimum Gasteiger partial charge on any atom is -0.126 e. The Labute approximate surface area is 60.7 Å². The number of hydrogen-bond acceptors (Lipinski definition) is 0.